The summed E-state index contributed by atoms with van der Waals surface area (Å²) in [5, 5.41) is 21.6. The Morgan fingerprint density at radius 3 is 2.79 bits per heavy atom. The number of aliphatic carboxylic acids is 1. The molecule has 0 bridgehead atoms. The molecule has 5 heteroatoms. The predicted molar refractivity (Wildman–Crippen MR) is 76.5 cm³/mol. The highest BCUT2D eigenvalue weighted by Gasteiger charge is 2.34. The molecule has 3 N–H and O–H groups in total. The van der Waals surface area contributed by atoms with E-state index in [0.29, 0.717) is 6.42 Å². The zero-order valence-electron chi connectivity index (χ0n) is 10.9. The van der Waals surface area contributed by atoms with Gasteiger partial charge in [0.15, 0.2) is 0 Å². The summed E-state index contributed by atoms with van der Waals surface area (Å²) in [6.45, 7) is 2.06. The maximum Gasteiger partial charge on any atom is 0.320 e. The van der Waals surface area contributed by atoms with Crippen molar-refractivity contribution < 1.29 is 15.0 Å². The Labute approximate surface area is 117 Å². The van der Waals surface area contributed by atoms with Gasteiger partial charge in [0.1, 0.15) is 11.8 Å². The van der Waals surface area contributed by atoms with Crippen molar-refractivity contribution in [3.8, 4) is 5.75 Å². The molecule has 1 fully saturated rings. The molecular weight excluding hydrogens is 262 g/mol. The van der Waals surface area contributed by atoms with Crippen LogP contribution in [0.4, 0.5) is 0 Å². The first-order valence-electron chi connectivity index (χ1n) is 6.41. The van der Waals surface area contributed by atoms with Crippen LogP contribution >= 0.6 is 11.8 Å². The lowest BCUT2D eigenvalue weighted by atomic mass is 10.0. The van der Waals surface area contributed by atoms with E-state index in [-0.39, 0.29) is 10.6 Å². The Hall–Kier alpha value is -1.20. The van der Waals surface area contributed by atoms with Gasteiger partial charge in [0.05, 0.1) is 4.87 Å². The number of phenolic OH excluding ortho intramolecular Hbond substituents is 1. The molecule has 1 heterocycles. The summed E-state index contributed by atoms with van der Waals surface area (Å²) in [5.41, 5.74) is 1.15. The van der Waals surface area contributed by atoms with Crippen LogP contribution in [0.5, 0.6) is 5.75 Å². The first kappa shape index (κ1) is 14.2. The molecule has 19 heavy (non-hydrogen) atoms. The molecule has 1 aliphatic heterocycles. The van der Waals surface area contributed by atoms with Gasteiger partial charge in [-0.05, 0) is 49.6 Å². The highest BCUT2D eigenvalue weighted by atomic mass is 32.2. The van der Waals surface area contributed by atoms with E-state index < -0.39 is 12.0 Å². The number of aryl methyl sites for hydroxylation is 1. The second-order valence-electron chi connectivity index (χ2n) is 5.07. The summed E-state index contributed by atoms with van der Waals surface area (Å²) >= 11 is 1.79. The third-order valence-corrected chi connectivity index (χ3v) is 4.83. The van der Waals surface area contributed by atoms with Crippen molar-refractivity contribution in [3.63, 3.8) is 0 Å². The van der Waals surface area contributed by atoms with E-state index >= 15 is 0 Å². The monoisotopic (exact) mass is 281 g/mol. The van der Waals surface area contributed by atoms with Crippen molar-refractivity contribution in [2.75, 3.05) is 5.75 Å². The van der Waals surface area contributed by atoms with Crippen LogP contribution in [0.1, 0.15) is 25.3 Å². The van der Waals surface area contributed by atoms with Gasteiger partial charge in [0.25, 0.3) is 0 Å². The van der Waals surface area contributed by atoms with Crippen LogP contribution in [-0.4, -0.2) is 32.8 Å². The van der Waals surface area contributed by atoms with Crippen molar-refractivity contribution in [1.29, 1.82) is 0 Å². The minimum Gasteiger partial charge on any atom is -0.508 e. The molecule has 1 aliphatic rings. The highest BCUT2D eigenvalue weighted by Crippen LogP contribution is 2.33. The zero-order chi connectivity index (χ0) is 13.9. The Morgan fingerprint density at radius 1 is 1.47 bits per heavy atom. The van der Waals surface area contributed by atoms with Gasteiger partial charge in [-0.3, -0.25) is 10.1 Å². The maximum absolute atomic E-state index is 11.1. The van der Waals surface area contributed by atoms with Crippen molar-refractivity contribution in [2.24, 2.45) is 0 Å². The molecule has 2 atom stereocenters. The molecule has 0 amide bonds. The lowest BCUT2D eigenvalue weighted by Crippen LogP contribution is -2.53. The Kier molecular flexibility index (Phi) is 4.37. The SMILES string of the molecule is CC1(CCc2ccc(O)cc2)NC(C(=O)O)CCS1. The van der Waals surface area contributed by atoms with Gasteiger partial charge in [0, 0.05) is 0 Å². The third-order valence-electron chi connectivity index (χ3n) is 3.43. The largest absolute Gasteiger partial charge is 0.508 e. The van der Waals surface area contributed by atoms with Gasteiger partial charge in [-0.1, -0.05) is 12.1 Å². The van der Waals surface area contributed by atoms with Crippen LogP contribution in [0, 0.1) is 0 Å². The first-order valence-corrected chi connectivity index (χ1v) is 7.39. The molecule has 104 valence electrons. The van der Waals surface area contributed by atoms with Gasteiger partial charge in [-0.15, -0.1) is 11.8 Å². The summed E-state index contributed by atoms with van der Waals surface area (Å²) in [4.78, 5) is 10.9. The van der Waals surface area contributed by atoms with E-state index in [0.717, 1.165) is 24.2 Å². The summed E-state index contributed by atoms with van der Waals surface area (Å²) in [5.74, 6) is 0.373. The molecule has 2 rings (SSSR count). The fourth-order valence-electron chi connectivity index (χ4n) is 2.26. The molecular formula is C14H19NO3S. The van der Waals surface area contributed by atoms with E-state index in [1.165, 1.54) is 0 Å². The van der Waals surface area contributed by atoms with Crippen molar-refractivity contribution >= 4 is 17.7 Å². The summed E-state index contributed by atoms with van der Waals surface area (Å²) < 4.78 is 0. The lowest BCUT2D eigenvalue weighted by molar-refractivity contribution is -0.140. The molecule has 1 aromatic carbocycles. The molecule has 0 spiro atoms. The van der Waals surface area contributed by atoms with Crippen molar-refractivity contribution in [2.45, 2.75) is 37.1 Å². The van der Waals surface area contributed by atoms with Gasteiger partial charge >= 0.3 is 5.97 Å². The fraction of sp³-hybridized carbons (Fsp3) is 0.500. The maximum atomic E-state index is 11.1. The number of nitrogens with one attached hydrogen (secondary N) is 1. The Morgan fingerprint density at radius 2 is 2.16 bits per heavy atom. The number of hydrogen-bond acceptors (Lipinski definition) is 4. The summed E-state index contributed by atoms with van der Waals surface area (Å²) in [6, 6.07) is 6.73. The second kappa shape index (κ2) is 5.84. The van der Waals surface area contributed by atoms with E-state index in [2.05, 4.69) is 12.2 Å². The van der Waals surface area contributed by atoms with Crippen LogP contribution in [0.2, 0.25) is 0 Å². The predicted octanol–water partition coefficient (Wildman–Crippen LogP) is 2.22. The fourth-order valence-corrected chi connectivity index (χ4v) is 3.54. The topological polar surface area (TPSA) is 69.6 Å². The zero-order valence-corrected chi connectivity index (χ0v) is 11.7. The van der Waals surface area contributed by atoms with Gasteiger partial charge in [-0.25, -0.2) is 0 Å². The molecule has 0 radical (unpaired) electrons. The number of carboxylic acids is 1. The normalized spacial score (nSPS) is 27.1. The van der Waals surface area contributed by atoms with Gasteiger partial charge in [-0.2, -0.15) is 0 Å². The van der Waals surface area contributed by atoms with Gasteiger partial charge < -0.3 is 10.2 Å². The van der Waals surface area contributed by atoms with Gasteiger partial charge in [0.2, 0.25) is 0 Å². The molecule has 1 aromatic rings. The van der Waals surface area contributed by atoms with Crippen molar-refractivity contribution in [1.82, 2.24) is 5.32 Å². The number of phenols is 1. The number of rotatable bonds is 4. The average Bonchev–Trinajstić information content (AvgIpc) is 2.38. The van der Waals surface area contributed by atoms with E-state index in [4.69, 9.17) is 5.11 Å². The molecule has 0 saturated carbocycles. The standard InChI is InChI=1S/C14H19NO3S/c1-14(15-12(13(17)18)7-9-19-14)8-6-10-2-4-11(16)5-3-10/h2-5,12,15-16H,6-9H2,1H3,(H,17,18). The minimum absolute atomic E-state index is 0.195. The number of hydrogen-bond donors (Lipinski definition) is 3. The Balaban J connectivity index is 1.93. The van der Waals surface area contributed by atoms with E-state index in [1.54, 1.807) is 23.9 Å². The first-order chi connectivity index (χ1) is 8.98. The molecule has 1 saturated heterocycles. The smallest absolute Gasteiger partial charge is 0.320 e. The summed E-state index contributed by atoms with van der Waals surface area (Å²) in [6.07, 6.45) is 2.41. The molecule has 2 unspecified atom stereocenters. The van der Waals surface area contributed by atoms with Crippen LogP contribution in [0.15, 0.2) is 24.3 Å². The molecule has 0 aromatic heterocycles. The van der Waals surface area contributed by atoms with Crippen molar-refractivity contribution in [3.05, 3.63) is 29.8 Å². The van der Waals surface area contributed by atoms with E-state index in [1.807, 2.05) is 12.1 Å². The lowest BCUT2D eigenvalue weighted by Gasteiger charge is -2.37. The van der Waals surface area contributed by atoms with Crippen LogP contribution < -0.4 is 5.32 Å². The third kappa shape index (κ3) is 3.88. The minimum atomic E-state index is -0.767. The summed E-state index contributed by atoms with van der Waals surface area (Å²) in [7, 11) is 0. The second-order valence-corrected chi connectivity index (χ2v) is 6.67. The van der Waals surface area contributed by atoms with Crippen LogP contribution in [-0.2, 0) is 11.2 Å². The Bertz CT molecular complexity index is 449. The number of carboxylic acid groups (broad SMARTS) is 1. The molecule has 0 aliphatic carbocycles. The van der Waals surface area contributed by atoms with Crippen LogP contribution in [0.3, 0.4) is 0 Å². The number of benzene rings is 1. The highest BCUT2D eigenvalue weighted by molar-refractivity contribution is 8.00. The average molecular weight is 281 g/mol. The molecule has 4 nitrogen and oxygen atoms in total. The number of carbonyl (C=O) groups is 1. The van der Waals surface area contributed by atoms with E-state index in [9.17, 15) is 9.90 Å². The van der Waals surface area contributed by atoms with Crippen LogP contribution in [0.25, 0.3) is 0 Å². The number of thioether (sulfide) groups is 1. The number of aromatic hydroxyl groups is 1. The quantitative estimate of drug-likeness (QED) is 0.789.